The van der Waals surface area contributed by atoms with Crippen LogP contribution in [0.2, 0.25) is 12.1 Å². The van der Waals surface area contributed by atoms with E-state index >= 15 is 0 Å². The zero-order valence-electron chi connectivity index (χ0n) is 20.7. The molecule has 16 heteroatoms. The number of hydrogen-bond donors (Lipinski definition) is 9. The summed E-state index contributed by atoms with van der Waals surface area (Å²) >= 11 is 0. The fourth-order valence-electron chi connectivity index (χ4n) is 1.46. The van der Waals surface area contributed by atoms with E-state index in [-0.39, 0.29) is 31.6 Å². The van der Waals surface area contributed by atoms with Crippen molar-refractivity contribution in [2.75, 3.05) is 41.5 Å². The average Bonchev–Trinajstić information content (AvgIpc) is 3.27. The molecule has 1 aliphatic rings. The number of aliphatic carboxylic acids is 1. The SMILES string of the molecule is CO.CO.CO.CO.NCCC[SiH2]O.O=C(O)CCC(=O)NCCC[SiH2]O.O=C1CCC(=O)O1. The number of amides is 1. The summed E-state index contributed by atoms with van der Waals surface area (Å²) < 4.78 is 4.08. The highest BCUT2D eigenvalue weighted by atomic mass is 28.2. The van der Waals surface area contributed by atoms with Crippen molar-refractivity contribution in [3.05, 3.63) is 0 Å². The Morgan fingerprint density at radius 1 is 0.853 bits per heavy atom. The van der Waals surface area contributed by atoms with Gasteiger partial charge in [-0.3, -0.25) is 19.2 Å². The Balaban J connectivity index is -0.0000000794. The van der Waals surface area contributed by atoms with Crippen molar-refractivity contribution in [2.45, 2.75) is 50.6 Å². The molecule has 0 aromatic carbocycles. The maximum absolute atomic E-state index is 10.9. The van der Waals surface area contributed by atoms with E-state index < -0.39 is 37.4 Å². The number of ether oxygens (including phenoxy) is 1. The highest BCUT2D eigenvalue weighted by molar-refractivity contribution is 6.25. The Morgan fingerprint density at radius 2 is 1.26 bits per heavy atom. The highest BCUT2D eigenvalue weighted by Gasteiger charge is 2.19. The lowest BCUT2D eigenvalue weighted by Crippen LogP contribution is -2.24. The van der Waals surface area contributed by atoms with Crippen LogP contribution < -0.4 is 11.1 Å². The third kappa shape index (κ3) is 57.3. The summed E-state index contributed by atoms with van der Waals surface area (Å²) in [5.74, 6) is -1.99. The number of cyclic esters (lactones) is 2. The van der Waals surface area contributed by atoms with Gasteiger partial charge in [0.25, 0.3) is 0 Å². The second kappa shape index (κ2) is 48.6. The Hall–Kier alpha value is -1.77. The van der Waals surface area contributed by atoms with Crippen LogP contribution in [0.1, 0.15) is 38.5 Å². The molecule has 1 saturated heterocycles. The number of aliphatic hydroxyl groups is 4. The quantitative estimate of drug-likeness (QED) is 0.0556. The van der Waals surface area contributed by atoms with Crippen LogP contribution in [0.4, 0.5) is 0 Å². The summed E-state index contributed by atoms with van der Waals surface area (Å²) in [6.45, 7) is 1.26. The topological polar surface area (TPSA) is 257 Å². The second-order valence-corrected chi connectivity index (χ2v) is 7.55. The van der Waals surface area contributed by atoms with Gasteiger partial charge >= 0.3 is 17.9 Å². The van der Waals surface area contributed by atoms with Crippen molar-refractivity contribution in [3.63, 3.8) is 0 Å². The van der Waals surface area contributed by atoms with E-state index in [0.717, 1.165) is 59.9 Å². The van der Waals surface area contributed by atoms with Crippen LogP contribution in [-0.2, 0) is 23.9 Å². The Morgan fingerprint density at radius 3 is 1.53 bits per heavy atom. The first-order valence-electron chi connectivity index (χ1n) is 10.3. The number of hydrogen-bond acceptors (Lipinski definition) is 12. The van der Waals surface area contributed by atoms with E-state index in [4.69, 9.17) is 40.9 Å². The van der Waals surface area contributed by atoms with Gasteiger partial charge in [-0.25, -0.2) is 0 Å². The summed E-state index contributed by atoms with van der Waals surface area (Å²) in [6.07, 6.45) is 2.22. The number of carbonyl (C=O) groups is 4. The molecule has 1 aliphatic heterocycles. The van der Waals surface area contributed by atoms with Crippen molar-refractivity contribution in [3.8, 4) is 0 Å². The molecule has 14 nitrogen and oxygen atoms in total. The molecule has 0 aliphatic carbocycles. The molecular formula is C18H46N2O12Si2. The molecule has 208 valence electrons. The first-order chi connectivity index (χ1) is 16.4. The molecule has 1 rings (SSSR count). The molecule has 1 heterocycles. The smallest absolute Gasteiger partial charge is 0.314 e. The second-order valence-electron chi connectivity index (χ2n) is 5.24. The van der Waals surface area contributed by atoms with Crippen LogP contribution in [0.5, 0.6) is 0 Å². The van der Waals surface area contributed by atoms with Gasteiger partial charge in [0.05, 0.1) is 19.3 Å². The van der Waals surface area contributed by atoms with Crippen molar-refractivity contribution in [1.82, 2.24) is 5.32 Å². The van der Waals surface area contributed by atoms with Gasteiger partial charge in [-0.2, -0.15) is 0 Å². The van der Waals surface area contributed by atoms with E-state index in [9.17, 15) is 19.2 Å². The summed E-state index contributed by atoms with van der Waals surface area (Å²) in [6, 6.07) is 1.77. The normalized spacial score (nSPS) is 10.8. The number of esters is 2. The molecule has 0 spiro atoms. The van der Waals surface area contributed by atoms with Gasteiger partial charge in [0.2, 0.25) is 5.91 Å². The van der Waals surface area contributed by atoms with Gasteiger partial charge in [-0.05, 0) is 31.5 Å². The van der Waals surface area contributed by atoms with Crippen LogP contribution in [0.25, 0.3) is 0 Å². The average molecular weight is 539 g/mol. The van der Waals surface area contributed by atoms with Crippen LogP contribution in [0, 0.1) is 0 Å². The lowest BCUT2D eigenvalue weighted by atomic mass is 10.3. The van der Waals surface area contributed by atoms with Gasteiger partial charge < -0.3 is 50.9 Å². The number of nitrogens with two attached hydrogens (primary N) is 1. The minimum Gasteiger partial charge on any atom is -0.481 e. The summed E-state index contributed by atoms with van der Waals surface area (Å²) in [5.41, 5.74) is 5.13. The van der Waals surface area contributed by atoms with E-state index in [1.165, 1.54) is 0 Å². The molecule has 0 unspecified atom stereocenters. The fraction of sp³-hybridized carbons (Fsp3) is 0.778. The third-order valence-electron chi connectivity index (χ3n) is 2.85. The number of carboxylic acid groups (broad SMARTS) is 1. The number of carboxylic acids is 1. The van der Waals surface area contributed by atoms with E-state index in [1.807, 2.05) is 0 Å². The zero-order valence-corrected chi connectivity index (χ0v) is 23.6. The monoisotopic (exact) mass is 538 g/mol. The van der Waals surface area contributed by atoms with Crippen LogP contribution in [0.15, 0.2) is 0 Å². The Kier molecular flexibility index (Phi) is 65.3. The molecule has 0 bridgehead atoms. The predicted octanol–water partition coefficient (Wildman–Crippen LogP) is -4.03. The highest BCUT2D eigenvalue weighted by Crippen LogP contribution is 2.03. The standard InChI is InChI=1S/C7H15NO4Si.C4H4O3.C3H11NOSi.4CH4O/c9-6(2-3-7(10)11)8-4-1-5-13-12;5-3-1-2-4(6)7-3;4-2-1-3-6-5;4*1-2/h12H,1-5,13H2,(H,8,9)(H,10,11);1-2H2;5H,1-4,6H2;4*2H,1H3. The molecule has 0 aromatic rings. The molecule has 10 N–H and O–H groups in total. The first kappa shape index (κ1) is 45.7. The van der Waals surface area contributed by atoms with E-state index in [0.29, 0.717) is 6.54 Å². The minimum atomic E-state index is -0.960. The van der Waals surface area contributed by atoms with Gasteiger partial charge in [-0.1, -0.05) is 0 Å². The molecule has 0 saturated carbocycles. The lowest BCUT2D eigenvalue weighted by Gasteiger charge is -2.02. The molecule has 1 fully saturated rings. The number of carbonyl (C=O) groups excluding carboxylic acids is 3. The maximum atomic E-state index is 10.9. The van der Waals surface area contributed by atoms with E-state index in [2.05, 4.69) is 10.1 Å². The maximum Gasteiger partial charge on any atom is 0.314 e. The van der Waals surface area contributed by atoms with Gasteiger partial charge in [-0.15, -0.1) is 0 Å². The Labute approximate surface area is 206 Å². The van der Waals surface area contributed by atoms with Crippen LogP contribution >= 0.6 is 0 Å². The molecule has 34 heavy (non-hydrogen) atoms. The van der Waals surface area contributed by atoms with Crippen LogP contribution in [-0.4, -0.2) is 120 Å². The molecule has 1 amide bonds. The van der Waals surface area contributed by atoms with Crippen molar-refractivity contribution in [1.29, 1.82) is 0 Å². The number of aliphatic hydroxyl groups excluding tert-OH is 4. The molecule has 0 atom stereocenters. The summed E-state index contributed by atoms with van der Waals surface area (Å²) in [4.78, 5) is 57.8. The van der Waals surface area contributed by atoms with Crippen molar-refractivity contribution in [2.24, 2.45) is 5.73 Å². The molecule has 0 radical (unpaired) electrons. The van der Waals surface area contributed by atoms with E-state index in [1.54, 1.807) is 0 Å². The fourth-order valence-corrected chi connectivity index (χ4v) is 2.45. The third-order valence-corrected chi connectivity index (χ3v) is 4.48. The minimum absolute atomic E-state index is 0.0336. The van der Waals surface area contributed by atoms with Gasteiger partial charge in [0, 0.05) is 41.4 Å². The number of nitrogens with one attached hydrogen (secondary N) is 1. The lowest BCUT2D eigenvalue weighted by molar-refractivity contribution is -0.152. The summed E-state index contributed by atoms with van der Waals surface area (Å²) in [7, 11) is 2.42. The van der Waals surface area contributed by atoms with Gasteiger partial charge in [0.1, 0.15) is 0 Å². The Bertz CT molecular complexity index is 416. The van der Waals surface area contributed by atoms with Crippen molar-refractivity contribution >= 4 is 43.3 Å². The van der Waals surface area contributed by atoms with Crippen molar-refractivity contribution < 1.29 is 59.0 Å². The first-order valence-corrected chi connectivity index (χ1v) is 13.6. The van der Waals surface area contributed by atoms with Crippen LogP contribution in [0.3, 0.4) is 0 Å². The summed E-state index contributed by atoms with van der Waals surface area (Å²) in [5, 5.41) is 38.8. The number of rotatable bonds is 10. The molecule has 0 aromatic heterocycles. The predicted molar refractivity (Wildman–Crippen MR) is 132 cm³/mol. The van der Waals surface area contributed by atoms with Gasteiger partial charge in [0.15, 0.2) is 19.5 Å². The largest absolute Gasteiger partial charge is 0.481 e. The molecular weight excluding hydrogens is 492 g/mol. The zero-order chi connectivity index (χ0) is 28.2.